The van der Waals surface area contributed by atoms with Gasteiger partial charge in [-0.3, -0.25) is 4.79 Å². The molecule has 6 heteroatoms. The van der Waals surface area contributed by atoms with Crippen molar-refractivity contribution < 1.29 is 13.6 Å². The molecule has 0 radical (unpaired) electrons. The molecule has 4 nitrogen and oxygen atoms in total. The molecule has 1 heterocycles. The minimum atomic E-state index is -2.71. The molecule has 1 amide bonds. The Morgan fingerprint density at radius 2 is 2.46 bits per heavy atom. The van der Waals surface area contributed by atoms with Gasteiger partial charge in [0.25, 0.3) is 5.91 Å². The molecule has 72 valence electrons. The molecule has 1 N–H and O–H groups in total. The highest BCUT2D eigenvalue weighted by Crippen LogP contribution is 2.08. The highest BCUT2D eigenvalue weighted by Gasteiger charge is 2.11. The van der Waals surface area contributed by atoms with Gasteiger partial charge in [-0.15, -0.1) is 0 Å². The number of alkyl halides is 2. The molecule has 0 bridgehead atoms. The van der Waals surface area contributed by atoms with Crippen LogP contribution in [0.3, 0.4) is 0 Å². The van der Waals surface area contributed by atoms with Crippen LogP contribution in [0.15, 0.2) is 12.3 Å². The first-order valence-electron chi connectivity index (χ1n) is 3.76. The molecule has 1 aromatic heterocycles. The Bertz CT molecular complexity index is 298. The number of hydrogen-bond acceptors (Lipinski definition) is 2. The van der Waals surface area contributed by atoms with Crippen molar-refractivity contribution in [2.24, 2.45) is 0 Å². The maximum Gasteiger partial charge on any atom is 0.333 e. The summed E-state index contributed by atoms with van der Waals surface area (Å²) in [6.45, 7) is -0.522. The molecule has 0 fully saturated rings. The van der Waals surface area contributed by atoms with Gasteiger partial charge in [0.1, 0.15) is 5.69 Å². The van der Waals surface area contributed by atoms with Crippen molar-refractivity contribution in [3.63, 3.8) is 0 Å². The standard InChI is InChI=1S/C7H9F2N3O/c1-2-10-6(13)5-3-4-12(11-5)7(8)9/h3-4,7H,2H2,1H3,(H,10,13). The van der Waals surface area contributed by atoms with Crippen LogP contribution >= 0.6 is 0 Å². The summed E-state index contributed by atoms with van der Waals surface area (Å²) < 4.78 is 24.4. The van der Waals surface area contributed by atoms with Gasteiger partial charge in [-0.1, -0.05) is 0 Å². The fraction of sp³-hybridized carbons (Fsp3) is 0.429. The first kappa shape index (κ1) is 9.63. The molecule has 1 rings (SSSR count). The third kappa shape index (κ3) is 2.24. The van der Waals surface area contributed by atoms with E-state index >= 15 is 0 Å². The van der Waals surface area contributed by atoms with E-state index in [9.17, 15) is 13.6 Å². The molecule has 0 aliphatic heterocycles. The smallest absolute Gasteiger partial charge is 0.333 e. The van der Waals surface area contributed by atoms with Crippen molar-refractivity contribution in [1.82, 2.24) is 15.1 Å². The quantitative estimate of drug-likeness (QED) is 0.771. The highest BCUT2D eigenvalue weighted by atomic mass is 19.3. The first-order chi connectivity index (χ1) is 6.15. The average Bonchev–Trinajstić information content (AvgIpc) is 2.52. The Morgan fingerprint density at radius 1 is 1.77 bits per heavy atom. The molecule has 0 aliphatic carbocycles. The molecule has 0 aliphatic rings. The lowest BCUT2D eigenvalue weighted by atomic mass is 10.4. The van der Waals surface area contributed by atoms with Gasteiger partial charge in [0.15, 0.2) is 0 Å². The van der Waals surface area contributed by atoms with Gasteiger partial charge < -0.3 is 5.32 Å². The van der Waals surface area contributed by atoms with Crippen molar-refractivity contribution in [3.05, 3.63) is 18.0 Å². The Kier molecular flexibility index (Phi) is 2.94. The van der Waals surface area contributed by atoms with E-state index in [4.69, 9.17) is 0 Å². The van der Waals surface area contributed by atoms with Gasteiger partial charge in [-0.05, 0) is 13.0 Å². The van der Waals surface area contributed by atoms with E-state index in [0.29, 0.717) is 11.2 Å². The SMILES string of the molecule is CCNC(=O)c1ccn(C(F)F)n1. The number of carbonyl (C=O) groups is 1. The molecule has 0 atom stereocenters. The molecule has 0 unspecified atom stereocenters. The molecule has 0 saturated carbocycles. The van der Waals surface area contributed by atoms with Gasteiger partial charge >= 0.3 is 6.55 Å². The zero-order valence-corrected chi connectivity index (χ0v) is 7.00. The van der Waals surface area contributed by atoms with Crippen LogP contribution in [0.2, 0.25) is 0 Å². The molecule has 13 heavy (non-hydrogen) atoms. The van der Waals surface area contributed by atoms with Crippen LogP contribution in [0, 0.1) is 0 Å². The van der Waals surface area contributed by atoms with Crippen molar-refractivity contribution in [2.75, 3.05) is 6.54 Å². The van der Waals surface area contributed by atoms with Crippen LogP contribution in [0.25, 0.3) is 0 Å². The lowest BCUT2D eigenvalue weighted by Crippen LogP contribution is -2.23. The van der Waals surface area contributed by atoms with Crippen LogP contribution in [0.5, 0.6) is 0 Å². The maximum absolute atomic E-state index is 12.0. The van der Waals surface area contributed by atoms with E-state index in [2.05, 4.69) is 10.4 Å². The molecular formula is C7H9F2N3O. The lowest BCUT2D eigenvalue weighted by Gasteiger charge is -1.98. The second-order valence-electron chi connectivity index (χ2n) is 2.32. The van der Waals surface area contributed by atoms with E-state index in [0.717, 1.165) is 6.20 Å². The van der Waals surface area contributed by atoms with Crippen molar-refractivity contribution >= 4 is 5.91 Å². The van der Waals surface area contributed by atoms with Gasteiger partial charge in [0.05, 0.1) is 0 Å². The second-order valence-corrected chi connectivity index (χ2v) is 2.32. The zero-order chi connectivity index (χ0) is 9.84. The van der Waals surface area contributed by atoms with Crippen LogP contribution in [0.4, 0.5) is 8.78 Å². The van der Waals surface area contributed by atoms with Gasteiger partial charge in [0, 0.05) is 12.7 Å². The van der Waals surface area contributed by atoms with Crippen LogP contribution in [-0.4, -0.2) is 22.2 Å². The highest BCUT2D eigenvalue weighted by molar-refractivity contribution is 5.92. The number of nitrogens with zero attached hydrogens (tertiary/aromatic N) is 2. The number of amides is 1. The second kappa shape index (κ2) is 3.97. The van der Waals surface area contributed by atoms with E-state index in [1.54, 1.807) is 6.92 Å². The summed E-state index contributed by atoms with van der Waals surface area (Å²) in [6.07, 6.45) is 1.06. The summed E-state index contributed by atoms with van der Waals surface area (Å²) in [4.78, 5) is 11.0. The van der Waals surface area contributed by atoms with Crippen LogP contribution in [-0.2, 0) is 0 Å². The summed E-state index contributed by atoms with van der Waals surface area (Å²) in [5, 5.41) is 5.84. The van der Waals surface area contributed by atoms with E-state index in [1.165, 1.54) is 6.07 Å². The van der Waals surface area contributed by atoms with Crippen molar-refractivity contribution in [3.8, 4) is 0 Å². The third-order valence-corrected chi connectivity index (χ3v) is 1.38. The van der Waals surface area contributed by atoms with Gasteiger partial charge in [-0.25, -0.2) is 4.68 Å². The van der Waals surface area contributed by atoms with Crippen molar-refractivity contribution in [1.29, 1.82) is 0 Å². The normalized spacial score (nSPS) is 10.5. The van der Waals surface area contributed by atoms with Crippen molar-refractivity contribution in [2.45, 2.75) is 13.5 Å². The fourth-order valence-corrected chi connectivity index (χ4v) is 0.819. The Labute approximate surface area is 73.5 Å². The maximum atomic E-state index is 12.0. The van der Waals surface area contributed by atoms with Crippen LogP contribution in [0.1, 0.15) is 24.0 Å². The van der Waals surface area contributed by atoms with E-state index < -0.39 is 12.5 Å². The summed E-state index contributed by atoms with van der Waals surface area (Å²) in [6, 6.07) is 1.25. The van der Waals surface area contributed by atoms with Gasteiger partial charge in [-0.2, -0.15) is 13.9 Å². The number of rotatable bonds is 3. The number of carbonyl (C=O) groups excluding carboxylic acids is 1. The number of aromatic nitrogens is 2. The predicted molar refractivity (Wildman–Crippen MR) is 41.5 cm³/mol. The monoisotopic (exact) mass is 189 g/mol. The first-order valence-corrected chi connectivity index (χ1v) is 3.76. The number of hydrogen-bond donors (Lipinski definition) is 1. The molecule has 0 saturated heterocycles. The minimum absolute atomic E-state index is 0.00199. The van der Waals surface area contributed by atoms with Gasteiger partial charge in [0.2, 0.25) is 0 Å². The number of nitrogens with one attached hydrogen (secondary N) is 1. The van der Waals surface area contributed by atoms with Crippen LogP contribution < -0.4 is 5.32 Å². The Balaban J connectivity index is 2.73. The molecule has 0 aromatic carbocycles. The van der Waals surface area contributed by atoms with E-state index in [-0.39, 0.29) is 5.69 Å². The fourth-order valence-electron chi connectivity index (χ4n) is 0.819. The zero-order valence-electron chi connectivity index (χ0n) is 7.00. The Morgan fingerprint density at radius 3 is 2.92 bits per heavy atom. The predicted octanol–water partition coefficient (Wildman–Crippen LogP) is 1.03. The topological polar surface area (TPSA) is 46.9 Å². The van der Waals surface area contributed by atoms with E-state index in [1.807, 2.05) is 0 Å². The third-order valence-electron chi connectivity index (χ3n) is 1.38. The summed E-state index contributed by atoms with van der Waals surface area (Å²) in [5.74, 6) is -0.443. The lowest BCUT2D eigenvalue weighted by molar-refractivity contribution is 0.0560. The Hall–Kier alpha value is -1.46. The summed E-state index contributed by atoms with van der Waals surface area (Å²) in [5.41, 5.74) is 0.00199. The summed E-state index contributed by atoms with van der Waals surface area (Å²) >= 11 is 0. The molecule has 1 aromatic rings. The molecule has 0 spiro atoms. The minimum Gasteiger partial charge on any atom is -0.351 e. The largest absolute Gasteiger partial charge is 0.351 e. The average molecular weight is 189 g/mol. The summed E-state index contributed by atoms with van der Waals surface area (Å²) in [7, 11) is 0. The number of halogens is 2. The molecular weight excluding hydrogens is 180 g/mol.